The van der Waals surface area contributed by atoms with Gasteiger partial charge in [-0.1, -0.05) is 17.8 Å². The molecule has 3 aromatic rings. The summed E-state index contributed by atoms with van der Waals surface area (Å²) in [7, 11) is 35.9. The van der Waals surface area contributed by atoms with Crippen LogP contribution in [0.2, 0.25) is 0 Å². The SMILES string of the molecule is [B]c1c([B])c([B])c2c(nc(N)c3nc(COC([B])([B])C)n(CC(C)(C)O)c32)c1[B]. The number of hydrogen-bond acceptors (Lipinski definition) is 5. The van der Waals surface area contributed by atoms with Crippen LogP contribution in [-0.4, -0.2) is 77.7 Å². The highest BCUT2D eigenvalue weighted by Gasteiger charge is 2.25. The second-order valence-corrected chi connectivity index (χ2v) is 7.97. The molecular formula is C17H16B6N4O2. The van der Waals surface area contributed by atoms with Crippen LogP contribution in [0.15, 0.2) is 0 Å². The lowest BCUT2D eigenvalue weighted by Gasteiger charge is -2.24. The van der Waals surface area contributed by atoms with E-state index in [4.69, 9.17) is 57.5 Å². The van der Waals surface area contributed by atoms with Gasteiger partial charge in [0.1, 0.15) is 49.3 Å². The van der Waals surface area contributed by atoms with Crippen molar-refractivity contribution < 1.29 is 9.84 Å². The van der Waals surface area contributed by atoms with Gasteiger partial charge in [0.25, 0.3) is 0 Å². The smallest absolute Gasteiger partial charge is 0.152 e. The van der Waals surface area contributed by atoms with Gasteiger partial charge in [0.05, 0.1) is 38.9 Å². The van der Waals surface area contributed by atoms with E-state index in [1.807, 2.05) is 0 Å². The molecule has 1 aromatic carbocycles. The minimum atomic E-state index is -1.38. The van der Waals surface area contributed by atoms with E-state index in [1.54, 1.807) is 18.4 Å². The molecule has 3 rings (SSSR count). The van der Waals surface area contributed by atoms with Gasteiger partial charge in [0.15, 0.2) is 5.82 Å². The average molecular weight is 373 g/mol. The molecule has 134 valence electrons. The summed E-state index contributed by atoms with van der Waals surface area (Å²) in [6.45, 7) is 4.89. The first-order valence-corrected chi connectivity index (χ1v) is 8.85. The van der Waals surface area contributed by atoms with Gasteiger partial charge < -0.3 is 20.1 Å². The number of aliphatic hydroxyl groups is 1. The Morgan fingerprint density at radius 1 is 0.966 bits per heavy atom. The summed E-state index contributed by atoms with van der Waals surface area (Å²) in [5.41, 5.74) is 6.80. The molecule has 0 atom stereocenters. The van der Waals surface area contributed by atoms with Crippen molar-refractivity contribution >= 4 is 96.7 Å². The maximum absolute atomic E-state index is 10.5. The Balaban J connectivity index is 2.44. The highest BCUT2D eigenvalue weighted by Crippen LogP contribution is 2.28. The standard InChI is InChI=1S/C17H16B6N4O2/c1-16(2,28)5-27-6(4-29-17(3,22)23)25-13-14(27)7-8(18)9(19)10(20)11(21)12(7)26-15(13)24/h28H,4-5H2,1-3H3,(H2,24,26). The Labute approximate surface area is 177 Å². The predicted molar refractivity (Wildman–Crippen MR) is 122 cm³/mol. The van der Waals surface area contributed by atoms with Gasteiger partial charge in [-0.25, -0.2) is 9.97 Å². The van der Waals surface area contributed by atoms with E-state index >= 15 is 0 Å². The highest BCUT2D eigenvalue weighted by atomic mass is 16.5. The minimum absolute atomic E-state index is 0.0466. The first kappa shape index (κ1) is 21.9. The molecule has 0 aliphatic heterocycles. The molecule has 6 nitrogen and oxygen atoms in total. The first-order valence-electron chi connectivity index (χ1n) is 8.85. The molecule has 0 saturated carbocycles. The van der Waals surface area contributed by atoms with Crippen molar-refractivity contribution in [2.45, 2.75) is 44.9 Å². The fraction of sp³-hybridized carbons (Fsp3) is 0.412. The van der Waals surface area contributed by atoms with Crippen molar-refractivity contribution in [2.75, 3.05) is 5.73 Å². The summed E-state index contributed by atoms with van der Waals surface area (Å²) >= 11 is 0. The second kappa shape index (κ2) is 7.17. The molecule has 3 N–H and O–H groups in total. The van der Waals surface area contributed by atoms with Gasteiger partial charge in [0, 0.05) is 5.39 Å². The molecule has 29 heavy (non-hydrogen) atoms. The van der Waals surface area contributed by atoms with Gasteiger partial charge in [-0.15, -0.1) is 10.9 Å². The zero-order valence-corrected chi connectivity index (χ0v) is 16.7. The Bertz CT molecular complexity index is 1120. The van der Waals surface area contributed by atoms with Crippen molar-refractivity contribution in [3.8, 4) is 0 Å². The van der Waals surface area contributed by atoms with E-state index in [1.165, 1.54) is 6.92 Å². The zero-order chi connectivity index (χ0) is 21.9. The maximum atomic E-state index is 10.5. The minimum Gasteiger partial charge on any atom is -0.389 e. The third-order valence-corrected chi connectivity index (χ3v) is 4.45. The molecule has 0 spiro atoms. The van der Waals surface area contributed by atoms with Gasteiger partial charge in [0.2, 0.25) is 0 Å². The van der Waals surface area contributed by atoms with Crippen molar-refractivity contribution in [1.82, 2.24) is 14.5 Å². The topological polar surface area (TPSA) is 86.2 Å². The number of rotatable bonds is 5. The van der Waals surface area contributed by atoms with Crippen LogP contribution in [0.4, 0.5) is 5.82 Å². The fourth-order valence-electron chi connectivity index (χ4n) is 3.16. The number of nitrogen functional groups attached to an aromatic ring is 1. The van der Waals surface area contributed by atoms with Crippen LogP contribution >= 0.6 is 0 Å². The molecular weight excluding hydrogens is 357 g/mol. The van der Waals surface area contributed by atoms with E-state index < -0.39 is 11.0 Å². The van der Waals surface area contributed by atoms with Gasteiger partial charge >= 0.3 is 0 Å². The maximum Gasteiger partial charge on any atom is 0.152 e. The predicted octanol–water partition coefficient (Wildman–Crippen LogP) is -3.36. The van der Waals surface area contributed by atoms with Gasteiger partial charge in [-0.3, -0.25) is 0 Å². The third kappa shape index (κ3) is 4.10. The first-order chi connectivity index (χ1) is 13.2. The van der Waals surface area contributed by atoms with Crippen molar-refractivity contribution in [2.24, 2.45) is 0 Å². The summed E-state index contributed by atoms with van der Waals surface area (Å²) in [5, 5.41) is 9.53. The van der Waals surface area contributed by atoms with E-state index in [0.717, 1.165) is 0 Å². The lowest BCUT2D eigenvalue weighted by atomic mass is 9.65. The molecule has 0 amide bonds. The normalized spacial score (nSPS) is 12.8. The summed E-state index contributed by atoms with van der Waals surface area (Å²) in [5.74, 6) is 0.528. The molecule has 12 heteroatoms. The Morgan fingerprint density at radius 2 is 1.55 bits per heavy atom. The quantitative estimate of drug-likeness (QED) is 0.457. The lowest BCUT2D eigenvalue weighted by Crippen LogP contribution is -2.48. The van der Waals surface area contributed by atoms with E-state index in [0.29, 0.717) is 27.8 Å². The lowest BCUT2D eigenvalue weighted by molar-refractivity contribution is 0.0502. The molecule has 0 unspecified atom stereocenters. The number of aromatic nitrogens is 3. The van der Waals surface area contributed by atoms with E-state index in [-0.39, 0.29) is 40.8 Å². The number of nitrogens with zero attached hydrogens (tertiary/aromatic N) is 3. The van der Waals surface area contributed by atoms with Crippen molar-refractivity contribution in [1.29, 1.82) is 0 Å². The average Bonchev–Trinajstić information content (AvgIpc) is 2.93. The van der Waals surface area contributed by atoms with Crippen LogP contribution in [0.1, 0.15) is 26.6 Å². The molecule has 0 aliphatic carbocycles. The van der Waals surface area contributed by atoms with Crippen LogP contribution < -0.4 is 27.6 Å². The number of anilines is 1. The largest absolute Gasteiger partial charge is 0.389 e. The number of pyridine rings is 1. The fourth-order valence-corrected chi connectivity index (χ4v) is 3.16. The van der Waals surface area contributed by atoms with Crippen LogP contribution in [0.3, 0.4) is 0 Å². The number of hydrogen-bond donors (Lipinski definition) is 2. The van der Waals surface area contributed by atoms with Crippen LogP contribution in [0.5, 0.6) is 0 Å². The third-order valence-electron chi connectivity index (χ3n) is 4.45. The summed E-state index contributed by atoms with van der Waals surface area (Å²) < 4.78 is 7.19. The van der Waals surface area contributed by atoms with Crippen LogP contribution in [0, 0.1) is 0 Å². The zero-order valence-electron chi connectivity index (χ0n) is 16.7. The molecule has 2 aromatic heterocycles. The monoisotopic (exact) mass is 374 g/mol. The van der Waals surface area contributed by atoms with Crippen LogP contribution in [-0.2, 0) is 17.9 Å². The highest BCUT2D eigenvalue weighted by molar-refractivity contribution is 6.67. The number of imidazole rings is 1. The summed E-state index contributed by atoms with van der Waals surface area (Å²) in [6.07, 6.45) is 0. The van der Waals surface area contributed by atoms with Gasteiger partial charge in [-0.2, -0.15) is 0 Å². The number of benzene rings is 1. The number of nitrogens with two attached hydrogens (primary N) is 1. The van der Waals surface area contributed by atoms with E-state index in [2.05, 4.69) is 9.97 Å². The van der Waals surface area contributed by atoms with Crippen LogP contribution in [0.25, 0.3) is 21.9 Å². The number of fused-ring (bicyclic) bond motifs is 3. The molecule has 12 radical (unpaired) electrons. The molecule has 0 fully saturated rings. The van der Waals surface area contributed by atoms with Gasteiger partial charge in [-0.05, 0) is 19.2 Å². The molecule has 2 heterocycles. The molecule has 0 saturated heterocycles. The Hall–Kier alpha value is -1.79. The summed E-state index contributed by atoms with van der Waals surface area (Å²) in [4.78, 5) is 8.87. The Morgan fingerprint density at radius 3 is 2.10 bits per heavy atom. The second-order valence-electron chi connectivity index (χ2n) is 7.97. The van der Waals surface area contributed by atoms with Crippen molar-refractivity contribution in [3.05, 3.63) is 5.82 Å². The number of ether oxygens (including phenoxy) is 1. The molecule has 0 bridgehead atoms. The summed E-state index contributed by atoms with van der Waals surface area (Å²) in [6, 6.07) is 0. The van der Waals surface area contributed by atoms with E-state index in [9.17, 15) is 5.11 Å². The molecule has 0 aliphatic rings. The Kier molecular flexibility index (Phi) is 5.41. The van der Waals surface area contributed by atoms with Crippen molar-refractivity contribution in [3.63, 3.8) is 0 Å².